The lowest BCUT2D eigenvalue weighted by Crippen LogP contribution is -2.32. The van der Waals surface area contributed by atoms with Crippen molar-refractivity contribution < 1.29 is 22.4 Å². The number of aryl methyl sites for hydroxylation is 2. The minimum atomic E-state index is -4.89. The van der Waals surface area contributed by atoms with Gasteiger partial charge in [0.15, 0.2) is 5.82 Å². The number of nitrogens with zero attached hydrogens (tertiary/aromatic N) is 3. The zero-order valence-electron chi connectivity index (χ0n) is 12.5. The van der Waals surface area contributed by atoms with Gasteiger partial charge in [0.2, 0.25) is 0 Å². The molecule has 2 rings (SSSR count). The van der Waals surface area contributed by atoms with Crippen LogP contribution in [0.5, 0.6) is 0 Å². The van der Waals surface area contributed by atoms with Crippen LogP contribution in [0.25, 0.3) is 0 Å². The molecule has 6 nitrogen and oxygen atoms in total. The van der Waals surface area contributed by atoms with Gasteiger partial charge in [-0.1, -0.05) is 0 Å². The summed E-state index contributed by atoms with van der Waals surface area (Å²) in [5.41, 5.74) is 2.78. The molecule has 2 aromatic rings. The molecule has 1 amide bonds. The average molecular weight is 341 g/mol. The van der Waals surface area contributed by atoms with Crippen molar-refractivity contribution in [2.45, 2.75) is 13.1 Å². The van der Waals surface area contributed by atoms with E-state index >= 15 is 0 Å². The molecule has 1 aromatic heterocycles. The average Bonchev–Trinajstić information content (AvgIpc) is 2.76. The Morgan fingerprint density at radius 2 is 2.04 bits per heavy atom. The van der Waals surface area contributed by atoms with Gasteiger partial charge in [-0.05, 0) is 25.1 Å². The predicted molar refractivity (Wildman–Crippen MR) is 75.2 cm³/mol. The van der Waals surface area contributed by atoms with Crippen molar-refractivity contribution in [1.82, 2.24) is 15.2 Å². The summed E-state index contributed by atoms with van der Waals surface area (Å²) < 4.78 is 53.0. The van der Waals surface area contributed by atoms with Crippen LogP contribution >= 0.6 is 0 Å². The fourth-order valence-electron chi connectivity index (χ4n) is 2.07. The topological polar surface area (TPSA) is 82.7 Å². The number of anilines is 1. The van der Waals surface area contributed by atoms with Gasteiger partial charge in [-0.3, -0.25) is 20.3 Å². The van der Waals surface area contributed by atoms with E-state index in [1.807, 2.05) is 6.07 Å². The van der Waals surface area contributed by atoms with Gasteiger partial charge in [-0.2, -0.15) is 23.5 Å². The maximum Gasteiger partial charge on any atom is 0.417 e. The first-order valence-corrected chi connectivity index (χ1v) is 6.52. The second-order valence-electron chi connectivity index (χ2n) is 4.81. The van der Waals surface area contributed by atoms with Crippen LogP contribution in [-0.2, 0) is 13.2 Å². The minimum Gasteiger partial charge on any atom is -0.281 e. The second-order valence-corrected chi connectivity index (χ2v) is 4.81. The Morgan fingerprint density at radius 1 is 1.38 bits per heavy atom. The maximum atomic E-state index is 13.1. The molecule has 1 aromatic carbocycles. The number of nitriles is 1. The zero-order valence-corrected chi connectivity index (χ0v) is 12.5. The molecule has 0 unspecified atom stereocenters. The summed E-state index contributed by atoms with van der Waals surface area (Å²) in [7, 11) is 1.49. The van der Waals surface area contributed by atoms with Crippen LogP contribution < -0.4 is 10.9 Å². The molecule has 0 atom stereocenters. The van der Waals surface area contributed by atoms with Crippen LogP contribution in [0.1, 0.15) is 27.2 Å². The molecule has 0 radical (unpaired) electrons. The molecule has 10 heteroatoms. The molecule has 0 bridgehead atoms. The summed E-state index contributed by atoms with van der Waals surface area (Å²) in [4.78, 5) is 12.0. The van der Waals surface area contributed by atoms with Crippen molar-refractivity contribution in [3.8, 4) is 6.07 Å². The Balaban J connectivity index is 2.28. The Labute approximate surface area is 133 Å². The van der Waals surface area contributed by atoms with Crippen LogP contribution in [0.3, 0.4) is 0 Å². The first kappa shape index (κ1) is 17.3. The van der Waals surface area contributed by atoms with E-state index in [1.54, 1.807) is 6.92 Å². The standard InChI is InChI=1S/C14H11F4N5O/c1-7-10(6-19)12(23(2)22-7)20-21-13(24)9-4-3-8(15)5-11(9)14(16,17)18/h3-5,20H,1-2H3,(H,21,24). The summed E-state index contributed by atoms with van der Waals surface area (Å²) >= 11 is 0. The SMILES string of the molecule is Cc1nn(C)c(NNC(=O)c2ccc(F)cc2C(F)(F)F)c1C#N. The van der Waals surface area contributed by atoms with Crippen LogP contribution in [0, 0.1) is 24.1 Å². The lowest BCUT2D eigenvalue weighted by Gasteiger charge is -2.14. The van der Waals surface area contributed by atoms with Crippen LogP contribution in [-0.4, -0.2) is 15.7 Å². The lowest BCUT2D eigenvalue weighted by molar-refractivity contribution is -0.138. The van der Waals surface area contributed by atoms with Gasteiger partial charge in [-0.15, -0.1) is 0 Å². The Morgan fingerprint density at radius 3 is 2.62 bits per heavy atom. The number of hydrazine groups is 1. The van der Waals surface area contributed by atoms with Crippen molar-refractivity contribution >= 4 is 11.7 Å². The van der Waals surface area contributed by atoms with Gasteiger partial charge >= 0.3 is 6.18 Å². The van der Waals surface area contributed by atoms with Crippen molar-refractivity contribution in [3.05, 3.63) is 46.4 Å². The predicted octanol–water partition coefficient (Wildman–Crippen LogP) is 2.52. The summed E-state index contributed by atoms with van der Waals surface area (Å²) in [6, 6.07) is 3.58. The normalized spacial score (nSPS) is 11.0. The molecule has 1 heterocycles. The number of nitrogens with one attached hydrogen (secondary N) is 2. The number of carbonyl (C=O) groups is 1. The highest BCUT2D eigenvalue weighted by molar-refractivity contribution is 5.96. The molecule has 0 saturated carbocycles. The number of amides is 1. The van der Waals surface area contributed by atoms with Crippen LogP contribution in [0.2, 0.25) is 0 Å². The number of hydrogen-bond acceptors (Lipinski definition) is 4. The highest BCUT2D eigenvalue weighted by atomic mass is 19.4. The maximum absolute atomic E-state index is 13.1. The van der Waals surface area contributed by atoms with E-state index < -0.39 is 29.0 Å². The molecule has 2 N–H and O–H groups in total. The molecule has 24 heavy (non-hydrogen) atoms. The van der Waals surface area contributed by atoms with Crippen molar-refractivity contribution in [3.63, 3.8) is 0 Å². The first-order valence-electron chi connectivity index (χ1n) is 6.52. The van der Waals surface area contributed by atoms with Gasteiger partial charge < -0.3 is 0 Å². The number of benzene rings is 1. The Bertz CT molecular complexity index is 835. The minimum absolute atomic E-state index is 0.110. The van der Waals surface area contributed by atoms with Gasteiger partial charge in [0.1, 0.15) is 17.4 Å². The fourth-order valence-corrected chi connectivity index (χ4v) is 2.07. The number of rotatable bonds is 3. The van der Waals surface area contributed by atoms with E-state index in [-0.39, 0.29) is 17.4 Å². The van der Waals surface area contributed by atoms with E-state index in [0.29, 0.717) is 5.69 Å². The third-order valence-corrected chi connectivity index (χ3v) is 3.16. The number of aromatic nitrogens is 2. The highest BCUT2D eigenvalue weighted by Gasteiger charge is 2.35. The molecule has 126 valence electrons. The first-order chi connectivity index (χ1) is 11.1. The summed E-state index contributed by atoms with van der Waals surface area (Å²) in [6.45, 7) is 1.56. The lowest BCUT2D eigenvalue weighted by atomic mass is 10.1. The van der Waals surface area contributed by atoms with E-state index in [4.69, 9.17) is 5.26 Å². The Kier molecular flexibility index (Phi) is 4.45. The monoisotopic (exact) mass is 341 g/mol. The Hall–Kier alpha value is -3.09. The zero-order chi connectivity index (χ0) is 18.1. The molecule has 0 fully saturated rings. The third kappa shape index (κ3) is 3.29. The van der Waals surface area contributed by atoms with E-state index in [9.17, 15) is 22.4 Å². The largest absolute Gasteiger partial charge is 0.417 e. The van der Waals surface area contributed by atoms with Crippen LogP contribution in [0.15, 0.2) is 18.2 Å². The molecule has 0 aliphatic rings. The summed E-state index contributed by atoms with van der Waals surface area (Å²) in [5, 5.41) is 13.0. The summed E-state index contributed by atoms with van der Waals surface area (Å²) in [5.74, 6) is -2.13. The second kappa shape index (κ2) is 6.19. The van der Waals surface area contributed by atoms with E-state index in [0.717, 1.165) is 12.1 Å². The van der Waals surface area contributed by atoms with Crippen LogP contribution in [0.4, 0.5) is 23.4 Å². The summed E-state index contributed by atoms with van der Waals surface area (Å²) in [6.07, 6.45) is -4.89. The van der Waals surface area contributed by atoms with Crippen molar-refractivity contribution in [2.24, 2.45) is 7.05 Å². The van der Waals surface area contributed by atoms with E-state index in [1.165, 1.54) is 11.7 Å². The fraction of sp³-hybridized carbons (Fsp3) is 0.214. The van der Waals surface area contributed by atoms with Crippen molar-refractivity contribution in [2.75, 3.05) is 5.43 Å². The molecule has 0 aliphatic heterocycles. The van der Waals surface area contributed by atoms with Gasteiger partial charge in [0.25, 0.3) is 5.91 Å². The number of hydrogen-bond donors (Lipinski definition) is 2. The van der Waals surface area contributed by atoms with Gasteiger partial charge in [0.05, 0.1) is 16.8 Å². The molecule has 0 spiro atoms. The highest BCUT2D eigenvalue weighted by Crippen LogP contribution is 2.32. The van der Waals surface area contributed by atoms with E-state index in [2.05, 4.69) is 16.0 Å². The van der Waals surface area contributed by atoms with Gasteiger partial charge in [-0.25, -0.2) is 4.39 Å². The van der Waals surface area contributed by atoms with Crippen molar-refractivity contribution in [1.29, 1.82) is 5.26 Å². The molecule has 0 saturated heterocycles. The smallest absolute Gasteiger partial charge is 0.281 e. The number of halogens is 4. The molecular weight excluding hydrogens is 330 g/mol. The number of carbonyl (C=O) groups excluding carboxylic acids is 1. The number of alkyl halides is 3. The van der Waals surface area contributed by atoms with Gasteiger partial charge in [0, 0.05) is 7.05 Å². The molecule has 0 aliphatic carbocycles. The third-order valence-electron chi connectivity index (χ3n) is 3.16. The molecular formula is C14H11F4N5O. The quantitative estimate of drug-likeness (QED) is 0.664.